The first-order valence-electron chi connectivity index (χ1n) is 9.86. The summed E-state index contributed by atoms with van der Waals surface area (Å²) in [5.74, 6) is -0.744. The lowest BCUT2D eigenvalue weighted by molar-refractivity contribution is -0.141. The Bertz CT molecular complexity index is 1000. The van der Waals surface area contributed by atoms with E-state index < -0.39 is 12.0 Å². The van der Waals surface area contributed by atoms with Crippen molar-refractivity contribution in [1.29, 1.82) is 0 Å². The Morgan fingerprint density at radius 1 is 1.23 bits per heavy atom. The number of amides is 3. The number of hydrogen-bond acceptors (Lipinski definition) is 4. The molecule has 2 aromatic rings. The van der Waals surface area contributed by atoms with Gasteiger partial charge >= 0.3 is 12.0 Å². The molecule has 1 aliphatic heterocycles. The minimum atomic E-state index is -0.500. The molecule has 0 aliphatic carbocycles. The number of rotatable bonds is 4. The smallest absolute Gasteiger partial charge is 0.325 e. The second-order valence-corrected chi connectivity index (χ2v) is 8.43. The van der Waals surface area contributed by atoms with Crippen molar-refractivity contribution >= 4 is 51.1 Å². The summed E-state index contributed by atoms with van der Waals surface area (Å²) in [4.78, 5) is 41.1. The van der Waals surface area contributed by atoms with Gasteiger partial charge in [0, 0.05) is 29.3 Å². The van der Waals surface area contributed by atoms with Crippen LogP contribution in [-0.4, -0.2) is 48.5 Å². The number of esters is 1. The summed E-state index contributed by atoms with van der Waals surface area (Å²) in [5.41, 5.74) is 1.92. The van der Waals surface area contributed by atoms with Crippen molar-refractivity contribution in [2.75, 3.05) is 24.6 Å². The Kier molecular flexibility index (Phi) is 7.56. The van der Waals surface area contributed by atoms with Crippen LogP contribution >= 0.6 is 27.5 Å². The molecule has 3 rings (SSSR count). The third-order valence-electron chi connectivity index (χ3n) is 4.96. The maximum Gasteiger partial charge on any atom is 0.325 e. The SMILES string of the molecule is CCOC(=O)CNC(=O)N1Cc2ccccc2N(C(=O)c2ccc(Br)cc2Cl)C[C@H]1C. The quantitative estimate of drug-likeness (QED) is 0.627. The van der Waals surface area contributed by atoms with Gasteiger partial charge in [0.15, 0.2) is 0 Å². The van der Waals surface area contributed by atoms with Gasteiger partial charge in [-0.25, -0.2) is 4.79 Å². The maximum atomic E-state index is 13.4. The van der Waals surface area contributed by atoms with Crippen molar-refractivity contribution in [3.63, 3.8) is 0 Å². The number of nitrogens with one attached hydrogen (secondary N) is 1. The van der Waals surface area contributed by atoms with Crippen LogP contribution in [0.2, 0.25) is 5.02 Å². The van der Waals surface area contributed by atoms with E-state index in [4.69, 9.17) is 16.3 Å². The fourth-order valence-corrected chi connectivity index (χ4v) is 4.20. The molecular weight excluding hydrogens is 486 g/mol. The number of carbonyl (C=O) groups is 3. The lowest BCUT2D eigenvalue weighted by Crippen LogP contribution is -2.49. The molecule has 0 saturated carbocycles. The Morgan fingerprint density at radius 2 is 1.97 bits per heavy atom. The Balaban J connectivity index is 1.87. The summed E-state index contributed by atoms with van der Waals surface area (Å²) in [6, 6.07) is 11.9. The zero-order valence-electron chi connectivity index (χ0n) is 17.2. The second kappa shape index (κ2) is 10.2. The molecule has 1 aliphatic rings. The highest BCUT2D eigenvalue weighted by Crippen LogP contribution is 2.30. The van der Waals surface area contributed by atoms with Crippen LogP contribution in [0.25, 0.3) is 0 Å². The van der Waals surface area contributed by atoms with Gasteiger partial charge in [-0.1, -0.05) is 45.7 Å². The summed E-state index contributed by atoms with van der Waals surface area (Å²) in [6.45, 7) is 4.17. The molecule has 0 saturated heterocycles. The number of anilines is 1. The number of carbonyl (C=O) groups excluding carboxylic acids is 3. The molecule has 0 radical (unpaired) electrons. The van der Waals surface area contributed by atoms with E-state index in [9.17, 15) is 14.4 Å². The predicted octanol–water partition coefficient (Wildman–Crippen LogP) is 4.23. The van der Waals surface area contributed by atoms with E-state index in [1.165, 1.54) is 0 Å². The molecule has 3 amide bonds. The average Bonchev–Trinajstić information content (AvgIpc) is 2.88. The lowest BCUT2D eigenvalue weighted by Gasteiger charge is -2.29. The monoisotopic (exact) mass is 507 g/mol. The highest BCUT2D eigenvalue weighted by atomic mass is 79.9. The molecule has 0 bridgehead atoms. The highest BCUT2D eigenvalue weighted by molar-refractivity contribution is 9.10. The fraction of sp³-hybridized carbons (Fsp3) is 0.318. The summed E-state index contributed by atoms with van der Waals surface area (Å²) in [6.07, 6.45) is 0. The molecule has 2 aromatic carbocycles. The number of halogens is 2. The van der Waals surface area contributed by atoms with E-state index in [1.54, 1.807) is 34.9 Å². The summed E-state index contributed by atoms with van der Waals surface area (Å²) in [5, 5.41) is 2.94. The molecule has 1 N–H and O–H groups in total. The van der Waals surface area contributed by atoms with Crippen molar-refractivity contribution in [2.45, 2.75) is 26.4 Å². The van der Waals surface area contributed by atoms with Crippen molar-refractivity contribution in [3.8, 4) is 0 Å². The zero-order valence-corrected chi connectivity index (χ0v) is 19.6. The predicted molar refractivity (Wildman–Crippen MR) is 122 cm³/mol. The van der Waals surface area contributed by atoms with Crippen LogP contribution in [0.4, 0.5) is 10.5 Å². The van der Waals surface area contributed by atoms with E-state index in [0.717, 1.165) is 15.7 Å². The molecule has 0 unspecified atom stereocenters. The Labute approximate surface area is 194 Å². The van der Waals surface area contributed by atoms with Crippen molar-refractivity contribution < 1.29 is 19.1 Å². The topological polar surface area (TPSA) is 79.0 Å². The van der Waals surface area contributed by atoms with E-state index in [1.807, 2.05) is 31.2 Å². The molecule has 1 heterocycles. The Morgan fingerprint density at radius 3 is 2.68 bits per heavy atom. The number of benzene rings is 2. The molecular formula is C22H23BrClN3O4. The van der Waals surface area contributed by atoms with Crippen molar-refractivity contribution in [1.82, 2.24) is 10.2 Å². The minimum absolute atomic E-state index is 0.214. The first kappa shape index (κ1) is 23.1. The van der Waals surface area contributed by atoms with Gasteiger partial charge in [0.1, 0.15) is 6.54 Å². The van der Waals surface area contributed by atoms with Gasteiger partial charge in [-0.3, -0.25) is 9.59 Å². The van der Waals surface area contributed by atoms with Gasteiger partial charge in [0.2, 0.25) is 0 Å². The van der Waals surface area contributed by atoms with Crippen LogP contribution in [0.1, 0.15) is 29.8 Å². The van der Waals surface area contributed by atoms with Crippen LogP contribution in [0.3, 0.4) is 0 Å². The number of nitrogens with zero attached hydrogens (tertiary/aromatic N) is 2. The number of ether oxygens (including phenoxy) is 1. The average molecular weight is 509 g/mol. The minimum Gasteiger partial charge on any atom is -0.465 e. The molecule has 0 spiro atoms. The van der Waals surface area contributed by atoms with Gasteiger partial charge in [-0.15, -0.1) is 0 Å². The number of urea groups is 1. The Hall–Kier alpha value is -2.58. The van der Waals surface area contributed by atoms with Crippen molar-refractivity contribution in [3.05, 3.63) is 63.1 Å². The summed E-state index contributed by atoms with van der Waals surface area (Å²) < 4.78 is 5.64. The van der Waals surface area contributed by atoms with Gasteiger partial charge in [0.25, 0.3) is 5.91 Å². The lowest BCUT2D eigenvalue weighted by atomic mass is 10.1. The largest absolute Gasteiger partial charge is 0.465 e. The van der Waals surface area contributed by atoms with Gasteiger partial charge in [-0.05, 0) is 43.7 Å². The molecule has 1 atom stereocenters. The van der Waals surface area contributed by atoms with Crippen LogP contribution in [0.5, 0.6) is 0 Å². The third-order valence-corrected chi connectivity index (χ3v) is 5.76. The van der Waals surface area contributed by atoms with Gasteiger partial charge < -0.3 is 19.9 Å². The zero-order chi connectivity index (χ0) is 22.5. The van der Waals surface area contributed by atoms with Crippen molar-refractivity contribution in [2.24, 2.45) is 0 Å². The van der Waals surface area contributed by atoms with Crippen LogP contribution < -0.4 is 10.2 Å². The summed E-state index contributed by atoms with van der Waals surface area (Å²) in [7, 11) is 0. The molecule has 164 valence electrons. The van der Waals surface area contributed by atoms with E-state index in [2.05, 4.69) is 21.2 Å². The first-order chi connectivity index (χ1) is 14.8. The fourth-order valence-electron chi connectivity index (χ4n) is 3.44. The van der Waals surface area contributed by atoms with Crippen LogP contribution in [-0.2, 0) is 16.1 Å². The first-order valence-corrected chi connectivity index (χ1v) is 11.0. The summed E-state index contributed by atoms with van der Waals surface area (Å²) >= 11 is 9.68. The third kappa shape index (κ3) is 5.37. The van der Waals surface area contributed by atoms with Crippen LogP contribution in [0.15, 0.2) is 46.9 Å². The van der Waals surface area contributed by atoms with Crippen LogP contribution in [0, 0.1) is 0 Å². The molecule has 31 heavy (non-hydrogen) atoms. The maximum absolute atomic E-state index is 13.4. The second-order valence-electron chi connectivity index (χ2n) is 7.11. The van der Waals surface area contributed by atoms with Gasteiger partial charge in [-0.2, -0.15) is 0 Å². The molecule has 9 heteroatoms. The molecule has 7 nitrogen and oxygen atoms in total. The normalized spacial score (nSPS) is 15.7. The van der Waals surface area contributed by atoms with Gasteiger partial charge in [0.05, 0.1) is 17.2 Å². The van der Waals surface area contributed by atoms with E-state index in [0.29, 0.717) is 17.1 Å². The number of fused-ring (bicyclic) bond motifs is 1. The highest BCUT2D eigenvalue weighted by Gasteiger charge is 2.32. The number of hydrogen-bond donors (Lipinski definition) is 1. The number of para-hydroxylation sites is 1. The van der Waals surface area contributed by atoms with E-state index in [-0.39, 0.29) is 31.6 Å². The molecule has 0 fully saturated rings. The van der Waals surface area contributed by atoms with E-state index >= 15 is 0 Å². The molecule has 0 aromatic heterocycles. The standard InChI is InChI=1S/C22H23BrClN3O4/c1-3-31-20(28)11-25-22(30)26-13-15-6-4-5-7-19(15)27(12-14(26)2)21(29)17-9-8-16(23)10-18(17)24/h4-10,14H,3,11-13H2,1-2H3,(H,25,30)/t14-/m1/s1.